The molecule has 0 unspecified atom stereocenters. The van der Waals surface area contributed by atoms with Crippen LogP contribution in [0.5, 0.6) is 0 Å². The Morgan fingerprint density at radius 2 is 1.04 bits per heavy atom. The molecule has 0 atom stereocenters. The van der Waals surface area contributed by atoms with Gasteiger partial charge in [0.15, 0.2) is 0 Å². The molecule has 2 aromatic rings. The Kier molecular flexibility index (Phi) is 11.3. The molecule has 0 heterocycles. The minimum atomic E-state index is -2.61. The molecule has 0 radical (unpaired) electrons. The zero-order chi connectivity index (χ0) is 18.7. The van der Waals surface area contributed by atoms with E-state index in [4.69, 9.17) is 0 Å². The molecule has 0 aliphatic carbocycles. The van der Waals surface area contributed by atoms with Gasteiger partial charge in [-0.2, -0.15) is 0 Å². The predicted molar refractivity (Wildman–Crippen MR) is 101 cm³/mol. The Labute approximate surface area is 168 Å². The zero-order valence-electron chi connectivity index (χ0n) is 15.5. The Hall–Kier alpha value is -0.676. The van der Waals surface area contributed by atoms with Crippen molar-refractivity contribution in [3.63, 3.8) is 0 Å². The van der Waals surface area contributed by atoms with E-state index in [-0.39, 0.29) is 0.355 Å². The van der Waals surface area contributed by atoms with Crippen molar-refractivity contribution in [1.82, 2.24) is 4.90 Å². The molecular formula is C21H28EuNO2. The molecule has 4 heteroatoms. The quantitative estimate of drug-likeness (QED) is 0.580. The molecule has 136 valence electrons. The maximum absolute atomic E-state index is 12.2. The number of nitrogens with zero attached hydrogens (tertiary/aromatic N) is 1. The van der Waals surface area contributed by atoms with Crippen LogP contribution in [-0.4, -0.2) is 24.9 Å². The van der Waals surface area contributed by atoms with Crippen LogP contribution in [0.2, 0.25) is 1.32 Å². The fourth-order valence-electron chi connectivity index (χ4n) is 2.21. The fourth-order valence-corrected chi connectivity index (χ4v) is 5.62. The summed E-state index contributed by atoms with van der Waals surface area (Å²) in [6.45, 7) is 10.1. The molecule has 25 heavy (non-hydrogen) atoms. The van der Waals surface area contributed by atoms with Gasteiger partial charge < -0.3 is 4.90 Å². The van der Waals surface area contributed by atoms with Crippen LogP contribution in [0.25, 0.3) is 0 Å². The number of carbonyl (C=O) groups is 2. The Morgan fingerprint density at radius 1 is 0.720 bits per heavy atom. The predicted octanol–water partition coefficient (Wildman–Crippen LogP) is 4.68. The summed E-state index contributed by atoms with van der Waals surface area (Å²) in [7, 11) is 0. The third-order valence-corrected chi connectivity index (χ3v) is 8.56. The van der Waals surface area contributed by atoms with E-state index in [1.165, 1.54) is 19.6 Å². The van der Waals surface area contributed by atoms with Crippen LogP contribution in [0.4, 0.5) is 0 Å². The van der Waals surface area contributed by atoms with Gasteiger partial charge in [0.25, 0.3) is 0 Å². The summed E-state index contributed by atoms with van der Waals surface area (Å²) in [4.78, 5) is 26.8. The molecule has 0 saturated carbocycles. The molecule has 2 rings (SSSR count). The second-order valence-corrected chi connectivity index (χ2v) is 10.6. The van der Waals surface area contributed by atoms with E-state index in [1.54, 1.807) is 24.3 Å². The molecule has 0 fully saturated rings. The van der Waals surface area contributed by atoms with E-state index >= 15 is 0 Å². The summed E-state index contributed by atoms with van der Waals surface area (Å²) in [5.74, 6) is 0. The molecular weight excluding hydrogens is 450 g/mol. The van der Waals surface area contributed by atoms with Crippen LogP contribution in [-0.2, 0) is 0 Å². The Balaban J connectivity index is 0.000000381. The summed E-state index contributed by atoms with van der Waals surface area (Å²) in [5.41, 5.74) is 1.32. The first kappa shape index (κ1) is 22.4. The normalized spacial score (nSPS) is 10.7. The fraction of sp³-hybridized carbons (Fsp3) is 0.333. The number of benzene rings is 2. The number of hydrogen-bond acceptors (Lipinski definition) is 3. The van der Waals surface area contributed by atoms with E-state index in [9.17, 15) is 9.59 Å². The summed E-state index contributed by atoms with van der Waals surface area (Å²) in [6, 6.07) is 18.2. The standard InChI is InChI=1S/2C7H5O.C6H15N.CH3.Eu/c2*8-6-7-4-2-1-3-5-7;1-4-7(5-2)6-3;;/h2*1-5H;4-6H2,1-3H3;1H3;. The number of hydrogen-bond donors (Lipinski definition) is 0. The van der Waals surface area contributed by atoms with Crippen molar-refractivity contribution in [2.45, 2.75) is 22.1 Å². The molecule has 2 aromatic carbocycles. The molecule has 0 aliphatic rings. The van der Waals surface area contributed by atoms with Gasteiger partial charge in [-0.15, -0.1) is 0 Å². The zero-order valence-corrected chi connectivity index (χ0v) is 18.0. The summed E-state index contributed by atoms with van der Waals surface area (Å²) < 4.78 is 1.94. The Bertz CT molecular complexity index is 582. The molecule has 3 nitrogen and oxygen atoms in total. The molecule has 0 N–H and O–H groups in total. The number of carbonyl (C=O) groups excluding carboxylic acids is 2. The molecule has 0 spiro atoms. The van der Waals surface area contributed by atoms with Crippen LogP contribution >= 0.6 is 0 Å². The van der Waals surface area contributed by atoms with Crippen LogP contribution in [0.15, 0.2) is 60.7 Å². The second-order valence-electron chi connectivity index (χ2n) is 5.37. The second kappa shape index (κ2) is 12.6. The van der Waals surface area contributed by atoms with Crippen LogP contribution in [0.1, 0.15) is 41.5 Å². The van der Waals surface area contributed by atoms with Gasteiger partial charge in [0.1, 0.15) is 0 Å². The van der Waals surface area contributed by atoms with Gasteiger partial charge in [0.2, 0.25) is 0 Å². The van der Waals surface area contributed by atoms with E-state index in [0.717, 1.165) is 0 Å². The van der Waals surface area contributed by atoms with Crippen LogP contribution in [0.3, 0.4) is 0 Å². The van der Waals surface area contributed by atoms with Crippen molar-refractivity contribution in [2.75, 3.05) is 19.6 Å². The summed E-state index contributed by atoms with van der Waals surface area (Å²) >= 11 is -2.61. The SMILES string of the molecule is CCN(CC)CC.[CH3][Eu]([C](=O)c1ccccc1)[C](=O)c1ccccc1. The summed E-state index contributed by atoms with van der Waals surface area (Å²) in [5, 5.41) is 0. The average molecular weight is 478 g/mol. The third-order valence-electron chi connectivity index (χ3n) is 3.86. The van der Waals surface area contributed by atoms with Crippen molar-refractivity contribution in [1.29, 1.82) is 0 Å². The average Bonchev–Trinajstić information content (AvgIpc) is 2.69. The van der Waals surface area contributed by atoms with Crippen molar-refractivity contribution >= 4 is 0.355 Å². The van der Waals surface area contributed by atoms with Gasteiger partial charge in [-0.25, -0.2) is 0 Å². The van der Waals surface area contributed by atoms with Gasteiger partial charge in [-0.3, -0.25) is 0 Å². The third kappa shape index (κ3) is 7.61. The topological polar surface area (TPSA) is 37.4 Å². The minimum absolute atomic E-state index is 0.0504. The molecule has 0 bridgehead atoms. The van der Waals surface area contributed by atoms with Gasteiger partial charge in [-0.1, -0.05) is 20.8 Å². The van der Waals surface area contributed by atoms with E-state index in [0.29, 0.717) is 11.1 Å². The number of rotatable bonds is 7. The first-order valence-corrected chi connectivity index (χ1v) is 13.4. The monoisotopic (exact) mass is 479 g/mol. The van der Waals surface area contributed by atoms with Crippen LogP contribution in [0, 0.1) is 42.3 Å². The molecule has 0 saturated heterocycles. The van der Waals surface area contributed by atoms with E-state index in [2.05, 4.69) is 25.7 Å². The van der Waals surface area contributed by atoms with Crippen molar-refractivity contribution in [3.8, 4) is 0 Å². The van der Waals surface area contributed by atoms with Crippen molar-refractivity contribution < 1.29 is 51.9 Å². The van der Waals surface area contributed by atoms with E-state index in [1.807, 2.05) is 37.7 Å². The van der Waals surface area contributed by atoms with Crippen molar-refractivity contribution in [2.24, 2.45) is 0 Å². The maximum atomic E-state index is 12.2. The van der Waals surface area contributed by atoms with Gasteiger partial charge in [-0.05, 0) is 19.6 Å². The molecule has 0 aliphatic heterocycles. The van der Waals surface area contributed by atoms with Gasteiger partial charge >= 0.3 is 125 Å². The first-order valence-electron chi connectivity index (χ1n) is 8.56. The van der Waals surface area contributed by atoms with Crippen LogP contribution < -0.4 is 0 Å². The summed E-state index contributed by atoms with van der Waals surface area (Å²) in [6.07, 6.45) is 0. The molecule has 0 amide bonds. The van der Waals surface area contributed by atoms with E-state index < -0.39 is 42.3 Å². The van der Waals surface area contributed by atoms with Gasteiger partial charge in [0.05, 0.1) is 0 Å². The molecule has 0 aromatic heterocycles. The first-order chi connectivity index (χ1) is 12.0. The van der Waals surface area contributed by atoms with Gasteiger partial charge in [0, 0.05) is 0 Å². The Morgan fingerprint density at radius 3 is 1.28 bits per heavy atom. The van der Waals surface area contributed by atoms with Crippen molar-refractivity contribution in [3.05, 3.63) is 71.8 Å².